The maximum absolute atomic E-state index is 11.4. The van der Waals surface area contributed by atoms with Crippen LogP contribution in [0, 0.1) is 0 Å². The number of esters is 1. The largest absolute Gasteiger partial charge is 0.467 e. The Morgan fingerprint density at radius 3 is 2.89 bits per heavy atom. The van der Waals surface area contributed by atoms with Crippen LogP contribution in [-0.2, 0) is 9.53 Å². The molecule has 0 aliphatic carbocycles. The highest BCUT2D eigenvalue weighted by Crippen LogP contribution is 2.12. The van der Waals surface area contributed by atoms with Gasteiger partial charge in [0.25, 0.3) is 0 Å². The van der Waals surface area contributed by atoms with Crippen molar-refractivity contribution in [1.29, 1.82) is 0 Å². The number of rotatable bonds is 5. The molecule has 1 atom stereocenters. The summed E-state index contributed by atoms with van der Waals surface area (Å²) in [6.07, 6.45) is 1.55. The molecule has 0 saturated heterocycles. The molecule has 1 aromatic heterocycles. The van der Waals surface area contributed by atoms with Crippen molar-refractivity contribution in [2.24, 2.45) is 0 Å². The summed E-state index contributed by atoms with van der Waals surface area (Å²) < 4.78 is 4.53. The molecule has 1 amide bonds. The number of hydrogen-bond donors (Lipinski definition) is 3. The van der Waals surface area contributed by atoms with Gasteiger partial charge < -0.3 is 21.1 Å². The Bertz CT molecular complexity index is 441. The first-order chi connectivity index (χ1) is 8.54. The maximum atomic E-state index is 11.4. The zero-order chi connectivity index (χ0) is 13.5. The van der Waals surface area contributed by atoms with Crippen LogP contribution in [0.4, 0.5) is 16.3 Å². The van der Waals surface area contributed by atoms with Gasteiger partial charge in [-0.3, -0.25) is 4.79 Å². The van der Waals surface area contributed by atoms with Gasteiger partial charge in [-0.2, -0.15) is 0 Å². The van der Waals surface area contributed by atoms with Crippen molar-refractivity contribution < 1.29 is 14.3 Å². The Balaban J connectivity index is 2.64. The summed E-state index contributed by atoms with van der Waals surface area (Å²) in [5.74, 6) is -1.02. The smallest absolute Gasteiger partial charge is 0.330 e. The summed E-state index contributed by atoms with van der Waals surface area (Å²) in [5.41, 5.74) is 6.09. The molecule has 0 saturated carbocycles. The number of hydrogen-bond acceptors (Lipinski definition) is 6. The quantitative estimate of drug-likeness (QED) is 0.479. The highest BCUT2D eigenvalue weighted by molar-refractivity contribution is 6.57. The fourth-order valence-electron chi connectivity index (χ4n) is 1.27. The molecule has 8 heteroatoms. The predicted molar refractivity (Wildman–Crippen MR) is 67.2 cm³/mol. The van der Waals surface area contributed by atoms with Crippen LogP contribution < -0.4 is 16.4 Å². The summed E-state index contributed by atoms with van der Waals surface area (Å²) in [7, 11) is 6.17. The lowest BCUT2D eigenvalue weighted by Crippen LogP contribution is -2.45. The standard InChI is InChI=1S/C10H13BN4O3/c1-18-9(16)7(15-10(11)17)5-14-8-6(12)3-2-4-13-8/h2-4,7H,5,12H2,1H3,(H,13,14)(H,15,17)/t7-/m0/s1. The number of aromatic nitrogens is 1. The number of anilines is 2. The third-order valence-corrected chi connectivity index (χ3v) is 2.11. The number of nitrogens with zero attached hydrogens (tertiary/aromatic N) is 1. The number of ether oxygens (including phenoxy) is 1. The minimum Gasteiger partial charge on any atom is -0.467 e. The van der Waals surface area contributed by atoms with E-state index in [1.165, 1.54) is 7.11 Å². The number of nitrogen functional groups attached to an aromatic ring is 1. The number of nitrogens with two attached hydrogens (primary N) is 1. The molecule has 0 aliphatic rings. The first-order valence-electron chi connectivity index (χ1n) is 5.12. The number of amides is 1. The van der Waals surface area contributed by atoms with Crippen molar-refractivity contribution in [3.8, 4) is 0 Å². The third-order valence-electron chi connectivity index (χ3n) is 2.11. The van der Waals surface area contributed by atoms with Gasteiger partial charge in [0.2, 0.25) is 7.85 Å². The Kier molecular flexibility index (Phi) is 4.98. The Morgan fingerprint density at radius 1 is 1.61 bits per heavy atom. The lowest BCUT2D eigenvalue weighted by molar-refractivity contribution is -0.142. The number of nitrogens with one attached hydrogen (secondary N) is 2. The van der Waals surface area contributed by atoms with E-state index in [0.29, 0.717) is 11.5 Å². The van der Waals surface area contributed by atoms with Crippen LogP contribution >= 0.6 is 0 Å². The molecule has 18 heavy (non-hydrogen) atoms. The van der Waals surface area contributed by atoms with Gasteiger partial charge in [0.05, 0.1) is 12.8 Å². The Hall–Kier alpha value is -2.25. The average Bonchev–Trinajstić information content (AvgIpc) is 2.34. The molecule has 2 radical (unpaired) electrons. The molecule has 0 spiro atoms. The molecule has 1 rings (SSSR count). The highest BCUT2D eigenvalue weighted by Gasteiger charge is 2.19. The van der Waals surface area contributed by atoms with Crippen LogP contribution in [0.15, 0.2) is 18.3 Å². The fraction of sp³-hybridized carbons (Fsp3) is 0.300. The molecule has 94 valence electrons. The molecule has 0 bridgehead atoms. The second kappa shape index (κ2) is 6.48. The number of carbonyl (C=O) groups is 2. The SMILES string of the molecule is [B]C(=O)N[C@@H](CNc1ncccc1N)C(=O)OC. The summed E-state index contributed by atoms with van der Waals surface area (Å²) in [4.78, 5) is 26.1. The molecule has 0 fully saturated rings. The summed E-state index contributed by atoms with van der Waals surface area (Å²) >= 11 is 0. The zero-order valence-corrected chi connectivity index (χ0v) is 9.84. The Labute approximate surface area is 106 Å². The van der Waals surface area contributed by atoms with E-state index in [2.05, 4.69) is 20.4 Å². The van der Waals surface area contributed by atoms with E-state index < -0.39 is 17.8 Å². The second-order valence-corrected chi connectivity index (χ2v) is 3.41. The van der Waals surface area contributed by atoms with Crippen molar-refractivity contribution in [2.75, 3.05) is 24.7 Å². The molecule has 1 aromatic rings. The van der Waals surface area contributed by atoms with Crippen molar-refractivity contribution in [1.82, 2.24) is 10.3 Å². The van der Waals surface area contributed by atoms with E-state index in [0.717, 1.165) is 0 Å². The van der Waals surface area contributed by atoms with Gasteiger partial charge in [-0.25, -0.2) is 9.78 Å². The van der Waals surface area contributed by atoms with Crippen LogP contribution in [0.1, 0.15) is 0 Å². The van der Waals surface area contributed by atoms with Gasteiger partial charge in [-0.1, -0.05) is 0 Å². The lowest BCUT2D eigenvalue weighted by atomic mass is 10.1. The van der Waals surface area contributed by atoms with Crippen LogP contribution in [-0.4, -0.2) is 44.3 Å². The van der Waals surface area contributed by atoms with Crippen LogP contribution in [0.3, 0.4) is 0 Å². The molecular weight excluding hydrogens is 235 g/mol. The lowest BCUT2D eigenvalue weighted by Gasteiger charge is -2.17. The average molecular weight is 248 g/mol. The number of methoxy groups -OCH3 is 1. The van der Waals surface area contributed by atoms with Crippen LogP contribution in [0.2, 0.25) is 0 Å². The van der Waals surface area contributed by atoms with Gasteiger partial charge >= 0.3 is 5.97 Å². The van der Waals surface area contributed by atoms with E-state index >= 15 is 0 Å². The van der Waals surface area contributed by atoms with Crippen LogP contribution in [0.5, 0.6) is 0 Å². The summed E-state index contributed by atoms with van der Waals surface area (Å²) in [6.45, 7) is 0.0663. The topological polar surface area (TPSA) is 106 Å². The van der Waals surface area contributed by atoms with Crippen LogP contribution in [0.25, 0.3) is 0 Å². The minimum atomic E-state index is -0.908. The minimum absolute atomic E-state index is 0.0663. The molecule has 1 heterocycles. The summed E-state index contributed by atoms with van der Waals surface area (Å²) in [6, 6.07) is 2.43. The summed E-state index contributed by atoms with van der Waals surface area (Å²) in [5, 5.41) is 5.08. The van der Waals surface area contributed by atoms with E-state index in [1.54, 1.807) is 18.3 Å². The Morgan fingerprint density at radius 2 is 2.33 bits per heavy atom. The van der Waals surface area contributed by atoms with E-state index in [9.17, 15) is 9.59 Å². The third kappa shape index (κ3) is 3.97. The highest BCUT2D eigenvalue weighted by atomic mass is 16.5. The van der Waals surface area contributed by atoms with Gasteiger partial charge in [-0.15, -0.1) is 0 Å². The molecule has 0 unspecified atom stereocenters. The van der Waals surface area contributed by atoms with Crippen molar-refractivity contribution in [2.45, 2.75) is 6.04 Å². The normalized spacial score (nSPS) is 11.4. The molecule has 7 nitrogen and oxygen atoms in total. The molecular formula is C10H13BN4O3. The number of carbonyl (C=O) groups excluding carboxylic acids is 2. The van der Waals surface area contributed by atoms with Crippen molar-refractivity contribution >= 4 is 31.1 Å². The maximum Gasteiger partial charge on any atom is 0.330 e. The fourth-order valence-corrected chi connectivity index (χ4v) is 1.27. The predicted octanol–water partition coefficient (Wildman–Crippen LogP) is -0.505. The molecule has 0 aromatic carbocycles. The van der Waals surface area contributed by atoms with Gasteiger partial charge in [0, 0.05) is 12.7 Å². The van der Waals surface area contributed by atoms with E-state index in [1.807, 2.05) is 0 Å². The molecule has 0 aliphatic heterocycles. The monoisotopic (exact) mass is 248 g/mol. The number of pyridine rings is 1. The van der Waals surface area contributed by atoms with E-state index in [-0.39, 0.29) is 6.54 Å². The first kappa shape index (κ1) is 13.8. The molecule has 4 N–H and O–H groups in total. The van der Waals surface area contributed by atoms with Crippen molar-refractivity contribution in [3.63, 3.8) is 0 Å². The zero-order valence-electron chi connectivity index (χ0n) is 9.84. The van der Waals surface area contributed by atoms with Gasteiger partial charge in [0.15, 0.2) is 5.81 Å². The van der Waals surface area contributed by atoms with E-state index in [4.69, 9.17) is 13.6 Å². The second-order valence-electron chi connectivity index (χ2n) is 3.41. The first-order valence-corrected chi connectivity index (χ1v) is 5.12. The van der Waals surface area contributed by atoms with Gasteiger partial charge in [-0.05, 0) is 12.1 Å². The van der Waals surface area contributed by atoms with Gasteiger partial charge in [0.1, 0.15) is 11.9 Å². The van der Waals surface area contributed by atoms with Crippen molar-refractivity contribution in [3.05, 3.63) is 18.3 Å².